The minimum Gasteiger partial charge on any atom is -0.441 e. The molecule has 2 aliphatic heterocycles. The summed E-state index contributed by atoms with van der Waals surface area (Å²) < 4.78 is 5.82. The predicted octanol–water partition coefficient (Wildman–Crippen LogP) is 3.25. The molecule has 1 amide bonds. The minimum atomic E-state index is -0.407. The average Bonchev–Trinajstić information content (AvgIpc) is 3.16. The summed E-state index contributed by atoms with van der Waals surface area (Å²) in [5.74, 6) is 2.78. The Morgan fingerprint density at radius 3 is 2.71 bits per heavy atom. The molecule has 3 fully saturated rings. The van der Waals surface area contributed by atoms with Crippen molar-refractivity contribution in [1.82, 2.24) is 20.2 Å². The molecule has 1 aliphatic carbocycles. The molecule has 1 saturated carbocycles. The number of nitrogens with one attached hydrogen (secondary N) is 1. The SMILES string of the molecule is O=C1OC2(CCC(CNc3nccc(N4CCCCC4)n3)CC2)CN1c1cccnn1. The van der Waals surface area contributed by atoms with Crippen LogP contribution in [0, 0.1) is 5.92 Å². The van der Waals surface area contributed by atoms with E-state index in [-0.39, 0.29) is 6.09 Å². The first-order chi connectivity index (χ1) is 15.2. The lowest BCUT2D eigenvalue weighted by atomic mass is 9.78. The summed E-state index contributed by atoms with van der Waals surface area (Å²) >= 11 is 0. The van der Waals surface area contributed by atoms with Crippen LogP contribution >= 0.6 is 0 Å². The summed E-state index contributed by atoms with van der Waals surface area (Å²) in [6.45, 7) is 3.53. The van der Waals surface area contributed by atoms with Gasteiger partial charge < -0.3 is 15.0 Å². The number of anilines is 3. The number of nitrogens with zero attached hydrogens (tertiary/aromatic N) is 6. The van der Waals surface area contributed by atoms with Crippen molar-refractivity contribution < 1.29 is 9.53 Å². The van der Waals surface area contributed by atoms with Crippen molar-refractivity contribution in [3.8, 4) is 0 Å². The van der Waals surface area contributed by atoms with Crippen molar-refractivity contribution in [3.05, 3.63) is 30.6 Å². The molecule has 0 unspecified atom stereocenters. The summed E-state index contributed by atoms with van der Waals surface area (Å²) in [6.07, 6.45) is 10.6. The van der Waals surface area contributed by atoms with Gasteiger partial charge in [-0.3, -0.25) is 4.90 Å². The first kappa shape index (κ1) is 20.0. The Balaban J connectivity index is 1.14. The lowest BCUT2D eigenvalue weighted by Crippen LogP contribution is -2.39. The largest absolute Gasteiger partial charge is 0.441 e. The molecule has 2 saturated heterocycles. The summed E-state index contributed by atoms with van der Waals surface area (Å²) in [4.78, 5) is 25.5. The van der Waals surface area contributed by atoms with E-state index < -0.39 is 5.60 Å². The molecule has 9 nitrogen and oxygen atoms in total. The Bertz CT molecular complexity index is 896. The Hall–Kier alpha value is -2.97. The molecule has 0 aromatic carbocycles. The summed E-state index contributed by atoms with van der Waals surface area (Å²) in [7, 11) is 0. The van der Waals surface area contributed by atoms with Crippen LogP contribution in [0.5, 0.6) is 0 Å². The maximum Gasteiger partial charge on any atom is 0.416 e. The molecule has 3 aliphatic rings. The van der Waals surface area contributed by atoms with Crippen molar-refractivity contribution in [2.75, 3.05) is 41.3 Å². The number of hydrogen-bond acceptors (Lipinski definition) is 8. The topological polar surface area (TPSA) is 96.4 Å². The van der Waals surface area contributed by atoms with Gasteiger partial charge in [0.05, 0.1) is 6.54 Å². The molecule has 4 heterocycles. The van der Waals surface area contributed by atoms with Crippen LogP contribution in [0.15, 0.2) is 30.6 Å². The van der Waals surface area contributed by atoms with Crippen molar-refractivity contribution >= 4 is 23.7 Å². The third-order valence-electron chi connectivity index (χ3n) is 6.69. The summed E-state index contributed by atoms with van der Waals surface area (Å²) in [5, 5.41) is 11.4. The Morgan fingerprint density at radius 2 is 1.94 bits per heavy atom. The highest BCUT2D eigenvalue weighted by atomic mass is 16.6. The van der Waals surface area contributed by atoms with Crippen LogP contribution in [0.1, 0.15) is 44.9 Å². The quantitative estimate of drug-likeness (QED) is 0.783. The standard InChI is InChI=1S/C22H29N7O2/c30-21-29(19-5-4-11-25-27-19)16-22(31-21)9-6-17(7-10-22)15-24-20-23-12-8-18(26-20)28-13-2-1-3-14-28/h4-5,8,11-12,17H,1-3,6-7,9-10,13-16H2,(H,23,24,26). The molecule has 5 rings (SSSR count). The van der Waals surface area contributed by atoms with E-state index in [1.807, 2.05) is 12.3 Å². The molecule has 0 atom stereocenters. The van der Waals surface area contributed by atoms with Crippen molar-refractivity contribution in [2.45, 2.75) is 50.5 Å². The van der Waals surface area contributed by atoms with E-state index in [1.165, 1.54) is 19.3 Å². The number of carbonyl (C=O) groups excluding carboxylic acids is 1. The molecular formula is C22H29N7O2. The maximum absolute atomic E-state index is 12.4. The number of rotatable bonds is 5. The first-order valence-corrected chi connectivity index (χ1v) is 11.3. The number of carbonyl (C=O) groups is 1. The third-order valence-corrected chi connectivity index (χ3v) is 6.69. The molecule has 1 spiro atoms. The van der Waals surface area contributed by atoms with E-state index in [0.29, 0.717) is 24.2 Å². The van der Waals surface area contributed by atoms with Gasteiger partial charge in [-0.05, 0) is 69.1 Å². The average molecular weight is 424 g/mol. The molecule has 164 valence electrons. The smallest absolute Gasteiger partial charge is 0.416 e. The number of hydrogen-bond donors (Lipinski definition) is 1. The van der Waals surface area contributed by atoms with E-state index in [9.17, 15) is 4.79 Å². The predicted molar refractivity (Wildman–Crippen MR) is 117 cm³/mol. The molecule has 0 bridgehead atoms. The molecular weight excluding hydrogens is 394 g/mol. The summed E-state index contributed by atoms with van der Waals surface area (Å²) in [5.41, 5.74) is -0.407. The lowest BCUT2D eigenvalue weighted by molar-refractivity contribution is 0.0148. The Morgan fingerprint density at radius 1 is 1.10 bits per heavy atom. The molecule has 2 aromatic rings. The van der Waals surface area contributed by atoms with Gasteiger partial charge in [0, 0.05) is 32.0 Å². The second kappa shape index (κ2) is 8.64. The number of aromatic nitrogens is 4. The van der Waals surface area contributed by atoms with Gasteiger partial charge in [0.2, 0.25) is 5.95 Å². The van der Waals surface area contributed by atoms with Gasteiger partial charge in [0.1, 0.15) is 11.4 Å². The van der Waals surface area contributed by atoms with Gasteiger partial charge in [0.25, 0.3) is 0 Å². The number of piperidine rings is 1. The van der Waals surface area contributed by atoms with Gasteiger partial charge in [-0.15, -0.1) is 5.10 Å². The van der Waals surface area contributed by atoms with E-state index in [4.69, 9.17) is 9.72 Å². The molecule has 0 radical (unpaired) electrons. The number of amides is 1. The maximum atomic E-state index is 12.4. The van der Waals surface area contributed by atoms with Crippen LogP contribution in [0.2, 0.25) is 0 Å². The Kier molecular flexibility index (Phi) is 5.57. The van der Waals surface area contributed by atoms with Gasteiger partial charge in [-0.1, -0.05) is 0 Å². The van der Waals surface area contributed by atoms with E-state index in [1.54, 1.807) is 23.2 Å². The van der Waals surface area contributed by atoms with Crippen molar-refractivity contribution in [3.63, 3.8) is 0 Å². The normalized spacial score (nSPS) is 26.2. The third kappa shape index (κ3) is 4.40. The van der Waals surface area contributed by atoms with E-state index >= 15 is 0 Å². The highest BCUT2D eigenvalue weighted by Gasteiger charge is 2.48. The Labute approximate surface area is 182 Å². The monoisotopic (exact) mass is 423 g/mol. The second-order valence-corrected chi connectivity index (χ2v) is 8.83. The van der Waals surface area contributed by atoms with Crippen LogP contribution in [-0.4, -0.2) is 58.0 Å². The zero-order valence-corrected chi connectivity index (χ0v) is 17.7. The van der Waals surface area contributed by atoms with Crippen molar-refractivity contribution in [2.24, 2.45) is 5.92 Å². The summed E-state index contributed by atoms with van der Waals surface area (Å²) in [6, 6.07) is 5.57. The van der Waals surface area contributed by atoms with E-state index in [2.05, 4.69) is 25.4 Å². The van der Waals surface area contributed by atoms with Crippen LogP contribution in [0.3, 0.4) is 0 Å². The first-order valence-electron chi connectivity index (χ1n) is 11.3. The molecule has 2 aromatic heterocycles. The van der Waals surface area contributed by atoms with Crippen LogP contribution in [0.4, 0.5) is 22.4 Å². The van der Waals surface area contributed by atoms with Gasteiger partial charge in [-0.25, -0.2) is 9.78 Å². The van der Waals surface area contributed by atoms with Gasteiger partial charge in [0.15, 0.2) is 5.82 Å². The minimum absolute atomic E-state index is 0.319. The van der Waals surface area contributed by atoms with Crippen LogP contribution < -0.4 is 15.1 Å². The van der Waals surface area contributed by atoms with Crippen LogP contribution in [0.25, 0.3) is 0 Å². The van der Waals surface area contributed by atoms with Crippen LogP contribution in [-0.2, 0) is 4.74 Å². The fourth-order valence-corrected chi connectivity index (χ4v) is 4.87. The number of ether oxygens (including phenoxy) is 1. The highest BCUT2D eigenvalue weighted by molar-refractivity contribution is 5.89. The fourth-order valence-electron chi connectivity index (χ4n) is 4.87. The molecule has 31 heavy (non-hydrogen) atoms. The zero-order valence-electron chi connectivity index (χ0n) is 17.7. The zero-order chi connectivity index (χ0) is 21.1. The second-order valence-electron chi connectivity index (χ2n) is 8.83. The van der Waals surface area contributed by atoms with Crippen molar-refractivity contribution in [1.29, 1.82) is 0 Å². The van der Waals surface area contributed by atoms with E-state index in [0.717, 1.165) is 51.1 Å². The lowest BCUT2D eigenvalue weighted by Gasteiger charge is -2.35. The highest BCUT2D eigenvalue weighted by Crippen LogP contribution is 2.40. The van der Waals surface area contributed by atoms with Gasteiger partial charge >= 0.3 is 6.09 Å². The molecule has 1 N–H and O–H groups in total. The van der Waals surface area contributed by atoms with Gasteiger partial charge in [-0.2, -0.15) is 10.1 Å². The fraction of sp³-hybridized carbons (Fsp3) is 0.591. The molecule has 9 heteroatoms.